The number of ether oxygens (including phenoxy) is 1. The highest BCUT2D eigenvalue weighted by Crippen LogP contribution is 2.20. The Morgan fingerprint density at radius 2 is 2.25 bits per heavy atom. The highest BCUT2D eigenvalue weighted by molar-refractivity contribution is 8.00. The first kappa shape index (κ1) is 10.4. The Balaban J connectivity index is 2.01. The van der Waals surface area contributed by atoms with E-state index in [0.29, 0.717) is 6.04 Å². The first-order chi connectivity index (χ1) is 5.86. The Bertz CT molecular complexity index is 117. The Kier molecular flexibility index (Phi) is 5.04. The molecule has 1 saturated heterocycles. The molecule has 3 heteroatoms. The Morgan fingerprint density at radius 1 is 1.50 bits per heavy atom. The van der Waals surface area contributed by atoms with E-state index in [2.05, 4.69) is 19.2 Å². The van der Waals surface area contributed by atoms with Crippen molar-refractivity contribution in [2.75, 3.05) is 25.5 Å². The molecule has 1 aliphatic rings. The highest BCUT2D eigenvalue weighted by atomic mass is 32.2. The lowest BCUT2D eigenvalue weighted by Gasteiger charge is -2.27. The van der Waals surface area contributed by atoms with Crippen LogP contribution in [0.15, 0.2) is 0 Å². The summed E-state index contributed by atoms with van der Waals surface area (Å²) >= 11 is 2.05. The molecule has 0 saturated carbocycles. The predicted octanol–water partition coefficient (Wildman–Crippen LogP) is 1.51. The van der Waals surface area contributed by atoms with Gasteiger partial charge in [0.1, 0.15) is 0 Å². The fourth-order valence-electron chi connectivity index (χ4n) is 1.17. The molecule has 0 aromatic carbocycles. The van der Waals surface area contributed by atoms with Gasteiger partial charge < -0.3 is 10.1 Å². The summed E-state index contributed by atoms with van der Waals surface area (Å²) in [7, 11) is 0. The molecule has 1 atom stereocenters. The van der Waals surface area contributed by atoms with Gasteiger partial charge in [0.05, 0.1) is 18.5 Å². The lowest BCUT2D eigenvalue weighted by atomic mass is 10.2. The van der Waals surface area contributed by atoms with Crippen LogP contribution in [0, 0.1) is 0 Å². The van der Waals surface area contributed by atoms with E-state index in [1.54, 1.807) is 0 Å². The highest BCUT2D eigenvalue weighted by Gasteiger charge is 2.19. The van der Waals surface area contributed by atoms with Crippen LogP contribution in [0.5, 0.6) is 0 Å². The van der Waals surface area contributed by atoms with Gasteiger partial charge in [0.25, 0.3) is 0 Å². The van der Waals surface area contributed by atoms with Crippen LogP contribution >= 0.6 is 11.8 Å². The van der Waals surface area contributed by atoms with Crippen molar-refractivity contribution in [2.24, 2.45) is 0 Å². The third-order valence-corrected chi connectivity index (χ3v) is 3.46. The van der Waals surface area contributed by atoms with Crippen molar-refractivity contribution >= 4 is 11.8 Å². The summed E-state index contributed by atoms with van der Waals surface area (Å²) in [6.07, 6.45) is 1.23. The molecule has 0 aromatic rings. The number of nitrogens with one attached hydrogen (secondary N) is 1. The summed E-state index contributed by atoms with van der Waals surface area (Å²) < 4.78 is 5.12. The minimum absolute atomic E-state index is 0.695. The second kappa shape index (κ2) is 5.84. The van der Waals surface area contributed by atoms with E-state index in [-0.39, 0.29) is 0 Å². The summed E-state index contributed by atoms with van der Waals surface area (Å²) in [5.74, 6) is 1.23. The van der Waals surface area contributed by atoms with Gasteiger partial charge in [-0.25, -0.2) is 0 Å². The van der Waals surface area contributed by atoms with Gasteiger partial charge in [0.2, 0.25) is 0 Å². The number of hydrogen-bond acceptors (Lipinski definition) is 3. The molecule has 0 radical (unpaired) electrons. The van der Waals surface area contributed by atoms with E-state index in [1.165, 1.54) is 12.2 Å². The van der Waals surface area contributed by atoms with Crippen LogP contribution in [0.2, 0.25) is 0 Å². The van der Waals surface area contributed by atoms with Crippen LogP contribution in [0.4, 0.5) is 0 Å². The van der Waals surface area contributed by atoms with E-state index in [1.807, 2.05) is 11.8 Å². The first-order valence-corrected chi connectivity index (χ1v) is 5.84. The van der Waals surface area contributed by atoms with Crippen LogP contribution in [0.3, 0.4) is 0 Å². The molecule has 1 heterocycles. The summed E-state index contributed by atoms with van der Waals surface area (Å²) in [5, 5.41) is 4.25. The summed E-state index contributed by atoms with van der Waals surface area (Å²) in [4.78, 5) is 0. The van der Waals surface area contributed by atoms with Crippen molar-refractivity contribution in [3.05, 3.63) is 0 Å². The Hall–Kier alpha value is 0.270. The molecular weight excluding hydrogens is 170 g/mol. The van der Waals surface area contributed by atoms with Crippen LogP contribution in [-0.2, 0) is 4.74 Å². The number of thioether (sulfide) groups is 1. The van der Waals surface area contributed by atoms with Gasteiger partial charge in [0.15, 0.2) is 0 Å². The molecule has 1 rings (SSSR count). The smallest absolute Gasteiger partial charge is 0.0607 e. The van der Waals surface area contributed by atoms with Gasteiger partial charge in [-0.15, -0.1) is 0 Å². The largest absolute Gasteiger partial charge is 0.379 e. The van der Waals surface area contributed by atoms with Gasteiger partial charge in [0, 0.05) is 11.8 Å². The maximum atomic E-state index is 5.12. The molecule has 0 bridgehead atoms. The molecular formula is C9H19NOS. The second-order valence-electron chi connectivity index (χ2n) is 3.16. The monoisotopic (exact) mass is 189 g/mol. The topological polar surface area (TPSA) is 21.3 Å². The third-order valence-electron chi connectivity index (χ3n) is 2.13. The molecule has 0 spiro atoms. The predicted molar refractivity (Wildman–Crippen MR) is 54.8 cm³/mol. The van der Waals surface area contributed by atoms with Crippen molar-refractivity contribution in [3.8, 4) is 0 Å². The zero-order valence-corrected chi connectivity index (χ0v) is 8.82. The fraction of sp³-hybridized carbons (Fsp3) is 1.00. The van der Waals surface area contributed by atoms with E-state index in [9.17, 15) is 0 Å². The molecule has 0 aromatic heterocycles. The summed E-state index contributed by atoms with van der Waals surface area (Å²) in [5.41, 5.74) is 0. The van der Waals surface area contributed by atoms with E-state index in [4.69, 9.17) is 4.74 Å². The minimum atomic E-state index is 0.695. The molecule has 1 aliphatic heterocycles. The standard InChI is InChI=1S/C9H19NOS/c1-3-8(10-4-2)7-12-9-5-11-6-9/h8-10H,3-7H2,1-2H3. The van der Waals surface area contributed by atoms with E-state index < -0.39 is 0 Å². The van der Waals surface area contributed by atoms with Gasteiger partial charge in [-0.1, -0.05) is 13.8 Å². The van der Waals surface area contributed by atoms with Gasteiger partial charge >= 0.3 is 0 Å². The Labute approximate surface area is 79.4 Å². The fourth-order valence-corrected chi connectivity index (χ4v) is 2.42. The molecule has 2 nitrogen and oxygen atoms in total. The lowest BCUT2D eigenvalue weighted by Crippen LogP contribution is -2.35. The van der Waals surface area contributed by atoms with Crippen LogP contribution in [-0.4, -0.2) is 36.8 Å². The van der Waals surface area contributed by atoms with Crippen molar-refractivity contribution in [3.63, 3.8) is 0 Å². The quantitative estimate of drug-likeness (QED) is 0.684. The van der Waals surface area contributed by atoms with E-state index >= 15 is 0 Å². The first-order valence-electron chi connectivity index (χ1n) is 4.79. The zero-order chi connectivity index (χ0) is 8.81. The summed E-state index contributed by atoms with van der Waals surface area (Å²) in [6.45, 7) is 7.42. The minimum Gasteiger partial charge on any atom is -0.379 e. The SMILES string of the molecule is CCNC(CC)CSC1COC1. The van der Waals surface area contributed by atoms with Crippen molar-refractivity contribution in [1.29, 1.82) is 0 Å². The van der Waals surface area contributed by atoms with Crippen molar-refractivity contribution in [1.82, 2.24) is 5.32 Å². The van der Waals surface area contributed by atoms with Crippen LogP contribution in [0.25, 0.3) is 0 Å². The molecule has 12 heavy (non-hydrogen) atoms. The molecule has 72 valence electrons. The Morgan fingerprint density at radius 3 is 2.67 bits per heavy atom. The van der Waals surface area contributed by atoms with Crippen molar-refractivity contribution in [2.45, 2.75) is 31.6 Å². The molecule has 1 unspecified atom stereocenters. The van der Waals surface area contributed by atoms with Gasteiger partial charge in [-0.3, -0.25) is 0 Å². The molecule has 0 amide bonds. The van der Waals surface area contributed by atoms with Gasteiger partial charge in [-0.05, 0) is 13.0 Å². The number of rotatable bonds is 6. The maximum absolute atomic E-state index is 5.12. The molecule has 0 aliphatic carbocycles. The maximum Gasteiger partial charge on any atom is 0.0607 e. The van der Waals surface area contributed by atoms with Crippen LogP contribution < -0.4 is 5.32 Å². The normalized spacial score (nSPS) is 20.5. The van der Waals surface area contributed by atoms with Crippen LogP contribution in [0.1, 0.15) is 20.3 Å². The van der Waals surface area contributed by atoms with E-state index in [0.717, 1.165) is 25.0 Å². The van der Waals surface area contributed by atoms with Crippen molar-refractivity contribution < 1.29 is 4.74 Å². The second-order valence-corrected chi connectivity index (χ2v) is 4.49. The molecule has 1 N–H and O–H groups in total. The molecule has 1 fully saturated rings. The van der Waals surface area contributed by atoms with Gasteiger partial charge in [-0.2, -0.15) is 11.8 Å². The average Bonchev–Trinajstić information content (AvgIpc) is 2.00. The third kappa shape index (κ3) is 3.33. The summed E-state index contributed by atoms with van der Waals surface area (Å²) in [6, 6.07) is 0.695. The lowest BCUT2D eigenvalue weighted by molar-refractivity contribution is 0.0455. The zero-order valence-electron chi connectivity index (χ0n) is 8.01. The average molecular weight is 189 g/mol. The number of hydrogen-bond donors (Lipinski definition) is 1.